The minimum atomic E-state index is -3.35. The summed E-state index contributed by atoms with van der Waals surface area (Å²) in [5, 5.41) is 11.9. The van der Waals surface area contributed by atoms with Crippen molar-refractivity contribution >= 4 is 32.4 Å². The van der Waals surface area contributed by atoms with Crippen LogP contribution in [0.5, 0.6) is 0 Å². The molecule has 2 atom stereocenters. The van der Waals surface area contributed by atoms with Gasteiger partial charge in [0.15, 0.2) is 0 Å². The van der Waals surface area contributed by atoms with Gasteiger partial charge < -0.3 is 10.4 Å². The van der Waals surface area contributed by atoms with E-state index in [9.17, 15) is 18.3 Å². The van der Waals surface area contributed by atoms with Gasteiger partial charge in [-0.15, -0.1) is 0 Å². The molecule has 164 valence electrons. The minimum Gasteiger partial charge on any atom is -0.391 e. The van der Waals surface area contributed by atoms with E-state index in [2.05, 4.69) is 26.0 Å². The van der Waals surface area contributed by atoms with Crippen molar-refractivity contribution in [3.8, 4) is 0 Å². The van der Waals surface area contributed by atoms with Crippen LogP contribution in [-0.2, 0) is 14.8 Å². The molecule has 0 radical (unpaired) electrons. The molecule has 0 aliphatic heterocycles. The Balaban J connectivity index is 0.000000222. The SMILES string of the molecule is C[C@@H](O)[C@@H](NC=O)c1ccccc1.O=S(=O)(NC1CCCCC1)c1ccc(Br)cc1. The summed E-state index contributed by atoms with van der Waals surface area (Å²) in [5.41, 5.74) is 0.907. The highest BCUT2D eigenvalue weighted by Crippen LogP contribution is 2.21. The van der Waals surface area contributed by atoms with E-state index in [1.54, 1.807) is 31.2 Å². The van der Waals surface area contributed by atoms with Gasteiger partial charge in [-0.2, -0.15) is 0 Å². The third-order valence-electron chi connectivity index (χ3n) is 4.94. The van der Waals surface area contributed by atoms with Gasteiger partial charge in [-0.3, -0.25) is 4.79 Å². The Morgan fingerprint density at radius 1 is 1.03 bits per heavy atom. The van der Waals surface area contributed by atoms with Crippen molar-refractivity contribution in [2.24, 2.45) is 0 Å². The summed E-state index contributed by atoms with van der Waals surface area (Å²) in [6.45, 7) is 1.65. The quantitative estimate of drug-likeness (QED) is 0.506. The van der Waals surface area contributed by atoms with Gasteiger partial charge >= 0.3 is 0 Å². The maximum Gasteiger partial charge on any atom is 0.240 e. The van der Waals surface area contributed by atoms with Crippen LogP contribution in [0.25, 0.3) is 0 Å². The fourth-order valence-corrected chi connectivity index (χ4v) is 4.94. The van der Waals surface area contributed by atoms with E-state index in [1.165, 1.54) is 6.42 Å². The molecule has 0 spiro atoms. The van der Waals surface area contributed by atoms with Crippen molar-refractivity contribution < 1.29 is 18.3 Å². The Hall–Kier alpha value is -1.74. The molecule has 2 aromatic carbocycles. The van der Waals surface area contributed by atoms with E-state index >= 15 is 0 Å². The summed E-state index contributed by atoms with van der Waals surface area (Å²) in [5.74, 6) is 0. The molecular formula is C22H29BrN2O4S. The molecule has 1 amide bonds. The number of hydrogen-bond donors (Lipinski definition) is 3. The summed E-state index contributed by atoms with van der Waals surface area (Å²) in [6, 6.07) is 15.9. The van der Waals surface area contributed by atoms with E-state index in [0.717, 1.165) is 35.7 Å². The Labute approximate surface area is 187 Å². The van der Waals surface area contributed by atoms with Crippen molar-refractivity contribution in [3.63, 3.8) is 0 Å². The Morgan fingerprint density at radius 2 is 1.63 bits per heavy atom. The molecule has 1 aliphatic carbocycles. The molecule has 0 bridgehead atoms. The van der Waals surface area contributed by atoms with E-state index < -0.39 is 16.1 Å². The smallest absolute Gasteiger partial charge is 0.240 e. The first kappa shape index (κ1) is 24.5. The lowest BCUT2D eigenvalue weighted by molar-refractivity contribution is -0.110. The molecule has 0 aromatic heterocycles. The van der Waals surface area contributed by atoms with Crippen LogP contribution >= 0.6 is 15.9 Å². The predicted octanol–water partition coefficient (Wildman–Crippen LogP) is 3.91. The van der Waals surface area contributed by atoms with Gasteiger partial charge in [0.25, 0.3) is 0 Å². The lowest BCUT2D eigenvalue weighted by atomic mass is 9.96. The number of halogens is 1. The first-order chi connectivity index (χ1) is 14.3. The van der Waals surface area contributed by atoms with Crippen LogP contribution in [-0.4, -0.2) is 32.1 Å². The van der Waals surface area contributed by atoms with Crippen molar-refractivity contribution in [2.45, 2.75) is 62.1 Å². The van der Waals surface area contributed by atoms with E-state index in [1.807, 2.05) is 30.3 Å². The molecule has 1 fully saturated rings. The van der Waals surface area contributed by atoms with Gasteiger partial charge in [0, 0.05) is 10.5 Å². The molecule has 1 saturated carbocycles. The predicted molar refractivity (Wildman–Crippen MR) is 121 cm³/mol. The van der Waals surface area contributed by atoms with Crippen molar-refractivity contribution in [1.29, 1.82) is 0 Å². The van der Waals surface area contributed by atoms with Crippen molar-refractivity contribution in [1.82, 2.24) is 10.0 Å². The number of carbonyl (C=O) groups is 1. The van der Waals surface area contributed by atoms with Gasteiger partial charge in [0.2, 0.25) is 16.4 Å². The van der Waals surface area contributed by atoms with Crippen LogP contribution in [0.4, 0.5) is 0 Å². The Bertz CT molecular complexity index is 868. The van der Waals surface area contributed by atoms with Crippen LogP contribution in [0.3, 0.4) is 0 Å². The number of hydrogen-bond acceptors (Lipinski definition) is 4. The summed E-state index contributed by atoms with van der Waals surface area (Å²) in [6.07, 6.45) is 5.38. The second-order valence-corrected chi connectivity index (χ2v) is 9.95. The second kappa shape index (κ2) is 12.2. The highest BCUT2D eigenvalue weighted by atomic mass is 79.9. The number of aliphatic hydroxyl groups is 1. The number of benzene rings is 2. The zero-order chi connectivity index (χ0) is 22.0. The number of nitrogens with one attached hydrogen (secondary N) is 2. The molecule has 3 N–H and O–H groups in total. The highest BCUT2D eigenvalue weighted by molar-refractivity contribution is 9.10. The van der Waals surface area contributed by atoms with E-state index in [0.29, 0.717) is 11.3 Å². The molecule has 0 heterocycles. The number of rotatable bonds is 7. The molecule has 6 nitrogen and oxygen atoms in total. The standard InChI is InChI=1S/C12H16BrNO2S.C10H13NO2/c13-10-6-8-12(9-7-10)17(15,16)14-11-4-2-1-3-5-11;1-8(13)10(11-7-12)9-5-3-2-4-6-9/h6-9,11,14H,1-5H2;2-8,10,13H,1H3,(H,11,12)/t;8-,10-/m.1/s1. The van der Waals surface area contributed by atoms with Gasteiger partial charge in [0.1, 0.15) is 0 Å². The molecule has 30 heavy (non-hydrogen) atoms. The van der Waals surface area contributed by atoms with Gasteiger partial charge in [0.05, 0.1) is 17.0 Å². The molecular weight excluding hydrogens is 468 g/mol. The maximum atomic E-state index is 12.1. The van der Waals surface area contributed by atoms with E-state index in [4.69, 9.17) is 0 Å². The third-order valence-corrected chi connectivity index (χ3v) is 7.00. The molecule has 0 unspecified atom stereocenters. The highest BCUT2D eigenvalue weighted by Gasteiger charge is 2.21. The zero-order valence-electron chi connectivity index (χ0n) is 17.0. The molecule has 2 aromatic rings. The van der Waals surface area contributed by atoms with Crippen molar-refractivity contribution in [2.75, 3.05) is 0 Å². The van der Waals surface area contributed by atoms with Crippen LogP contribution in [0, 0.1) is 0 Å². The van der Waals surface area contributed by atoms with Gasteiger partial charge in [-0.25, -0.2) is 13.1 Å². The summed E-state index contributed by atoms with van der Waals surface area (Å²) in [4.78, 5) is 10.6. The summed E-state index contributed by atoms with van der Waals surface area (Å²) >= 11 is 3.30. The van der Waals surface area contributed by atoms with E-state index in [-0.39, 0.29) is 12.1 Å². The largest absolute Gasteiger partial charge is 0.391 e. The molecule has 3 rings (SSSR count). The minimum absolute atomic E-state index is 0.109. The summed E-state index contributed by atoms with van der Waals surface area (Å²) < 4.78 is 27.8. The number of amides is 1. The monoisotopic (exact) mass is 496 g/mol. The van der Waals surface area contributed by atoms with Crippen LogP contribution < -0.4 is 10.0 Å². The molecule has 0 saturated heterocycles. The Kier molecular flexibility index (Phi) is 9.97. The molecule has 1 aliphatic rings. The van der Waals surface area contributed by atoms with Crippen molar-refractivity contribution in [3.05, 3.63) is 64.6 Å². The van der Waals surface area contributed by atoms with Crippen LogP contribution in [0.2, 0.25) is 0 Å². The first-order valence-electron chi connectivity index (χ1n) is 10.0. The zero-order valence-corrected chi connectivity index (χ0v) is 19.4. The number of carbonyl (C=O) groups excluding carboxylic acids is 1. The van der Waals surface area contributed by atoms with Crippen LogP contribution in [0.1, 0.15) is 50.6 Å². The fourth-order valence-electron chi connectivity index (χ4n) is 3.37. The lowest BCUT2D eigenvalue weighted by Crippen LogP contribution is -2.36. The number of sulfonamides is 1. The average molecular weight is 497 g/mol. The lowest BCUT2D eigenvalue weighted by Gasteiger charge is -2.22. The second-order valence-electron chi connectivity index (χ2n) is 7.32. The number of aliphatic hydroxyl groups excluding tert-OH is 1. The summed E-state index contributed by atoms with van der Waals surface area (Å²) in [7, 11) is -3.35. The topological polar surface area (TPSA) is 95.5 Å². The first-order valence-corrected chi connectivity index (χ1v) is 12.3. The average Bonchev–Trinajstić information content (AvgIpc) is 2.73. The maximum absolute atomic E-state index is 12.1. The van der Waals surface area contributed by atoms with Gasteiger partial charge in [-0.1, -0.05) is 65.5 Å². The third kappa shape index (κ3) is 7.83. The molecule has 8 heteroatoms. The Morgan fingerprint density at radius 3 is 2.17 bits per heavy atom. The fraction of sp³-hybridized carbons (Fsp3) is 0.409. The van der Waals surface area contributed by atoms with Crippen LogP contribution in [0.15, 0.2) is 64.0 Å². The normalized spacial score (nSPS) is 16.6. The van der Waals surface area contributed by atoms with Gasteiger partial charge in [-0.05, 0) is 49.6 Å².